The minimum Gasteiger partial charge on any atom is -0.477 e. The molecule has 0 aliphatic heterocycles. The van der Waals surface area contributed by atoms with E-state index in [9.17, 15) is 13.2 Å². The monoisotopic (exact) mass is 367 g/mol. The molecule has 0 amide bonds. The van der Waals surface area contributed by atoms with E-state index in [2.05, 4.69) is 16.9 Å². The molecule has 7 heteroatoms. The number of anilines is 2. The molecule has 0 unspecified atom stereocenters. The van der Waals surface area contributed by atoms with Crippen LogP contribution in [0, 0.1) is 5.92 Å². The first-order valence-corrected chi connectivity index (χ1v) is 8.62. The smallest absolute Gasteiger partial charge is 0.423 e. The molecule has 1 aromatic heterocycles. The van der Waals surface area contributed by atoms with E-state index in [0.29, 0.717) is 0 Å². The Morgan fingerprint density at radius 2 is 1.96 bits per heavy atom. The average Bonchev–Trinajstić information content (AvgIpc) is 2.58. The Labute approximate surface area is 152 Å². The van der Waals surface area contributed by atoms with E-state index in [1.807, 2.05) is 38.1 Å². The summed E-state index contributed by atoms with van der Waals surface area (Å²) >= 11 is 0. The minimum atomic E-state index is -4.57. The number of ether oxygens (including phenoxy) is 1. The van der Waals surface area contributed by atoms with Crippen LogP contribution in [0.2, 0.25) is 0 Å². The number of halogens is 3. The van der Waals surface area contributed by atoms with E-state index in [-0.39, 0.29) is 18.5 Å². The number of alkyl halides is 3. The van der Waals surface area contributed by atoms with Crippen molar-refractivity contribution >= 4 is 11.6 Å². The van der Waals surface area contributed by atoms with Crippen molar-refractivity contribution in [2.24, 2.45) is 5.92 Å². The van der Waals surface area contributed by atoms with Gasteiger partial charge in [0.15, 0.2) is 0 Å². The summed E-state index contributed by atoms with van der Waals surface area (Å²) in [7, 11) is 1.72. The second-order valence-electron chi connectivity index (χ2n) is 6.57. The fraction of sp³-hybridized carbons (Fsp3) is 0.474. The van der Waals surface area contributed by atoms with Crippen LogP contribution in [-0.4, -0.2) is 23.6 Å². The SMILES string of the molecule is CCCc1cccc(N(C)c2ncc(C(F)(F)F)c(OCC(C)C)n2)c1. The van der Waals surface area contributed by atoms with Gasteiger partial charge in [0.1, 0.15) is 5.56 Å². The fourth-order valence-corrected chi connectivity index (χ4v) is 2.39. The molecule has 0 saturated heterocycles. The van der Waals surface area contributed by atoms with Gasteiger partial charge in [0.05, 0.1) is 6.61 Å². The minimum absolute atomic E-state index is 0.0814. The van der Waals surface area contributed by atoms with Gasteiger partial charge < -0.3 is 9.64 Å². The molecule has 0 N–H and O–H groups in total. The summed E-state index contributed by atoms with van der Waals surface area (Å²) in [5.41, 5.74) is 1.00. The second kappa shape index (κ2) is 8.38. The second-order valence-corrected chi connectivity index (χ2v) is 6.57. The molecule has 26 heavy (non-hydrogen) atoms. The Morgan fingerprint density at radius 3 is 2.58 bits per heavy atom. The molecule has 0 saturated carbocycles. The van der Waals surface area contributed by atoms with Crippen molar-refractivity contribution in [3.8, 4) is 5.88 Å². The summed E-state index contributed by atoms with van der Waals surface area (Å²) in [6, 6.07) is 7.79. The summed E-state index contributed by atoms with van der Waals surface area (Å²) in [5, 5.41) is 0. The van der Waals surface area contributed by atoms with Crippen molar-refractivity contribution in [1.82, 2.24) is 9.97 Å². The number of nitrogens with zero attached hydrogens (tertiary/aromatic N) is 3. The van der Waals surface area contributed by atoms with Crippen LogP contribution in [0.1, 0.15) is 38.3 Å². The van der Waals surface area contributed by atoms with Crippen LogP contribution >= 0.6 is 0 Å². The van der Waals surface area contributed by atoms with E-state index in [4.69, 9.17) is 4.74 Å². The number of benzene rings is 1. The molecule has 4 nitrogen and oxygen atoms in total. The zero-order valence-electron chi connectivity index (χ0n) is 15.5. The van der Waals surface area contributed by atoms with Gasteiger partial charge in [0.2, 0.25) is 11.8 Å². The molecule has 0 atom stereocenters. The van der Waals surface area contributed by atoms with Crippen molar-refractivity contribution in [3.63, 3.8) is 0 Å². The van der Waals surface area contributed by atoms with Gasteiger partial charge in [0.25, 0.3) is 0 Å². The quantitative estimate of drug-likeness (QED) is 0.670. The molecule has 0 aliphatic carbocycles. The van der Waals surface area contributed by atoms with E-state index >= 15 is 0 Å². The molecule has 1 aromatic carbocycles. The van der Waals surface area contributed by atoms with Crippen molar-refractivity contribution in [3.05, 3.63) is 41.6 Å². The van der Waals surface area contributed by atoms with Crippen molar-refractivity contribution in [1.29, 1.82) is 0 Å². The van der Waals surface area contributed by atoms with Crippen molar-refractivity contribution in [2.45, 2.75) is 39.8 Å². The Morgan fingerprint density at radius 1 is 1.23 bits per heavy atom. The lowest BCUT2D eigenvalue weighted by Gasteiger charge is -2.20. The summed E-state index contributed by atoms with van der Waals surface area (Å²) in [5.74, 6) is -0.198. The van der Waals surface area contributed by atoms with E-state index < -0.39 is 17.6 Å². The Bertz CT molecular complexity index is 732. The maximum absolute atomic E-state index is 13.2. The van der Waals surface area contributed by atoms with Gasteiger partial charge in [-0.05, 0) is 30.0 Å². The van der Waals surface area contributed by atoms with E-state index in [1.54, 1.807) is 11.9 Å². The molecule has 0 radical (unpaired) electrons. The third-order valence-electron chi connectivity index (χ3n) is 3.74. The van der Waals surface area contributed by atoms with Crippen LogP contribution in [0.25, 0.3) is 0 Å². The number of aryl methyl sites for hydroxylation is 1. The standard InChI is InChI=1S/C19H24F3N3O/c1-5-7-14-8-6-9-15(10-14)25(4)18-23-11-16(19(20,21)22)17(24-18)26-12-13(2)3/h6,8-11,13H,5,7,12H2,1-4H3. The van der Waals surface area contributed by atoms with Crippen LogP contribution in [0.5, 0.6) is 5.88 Å². The van der Waals surface area contributed by atoms with Crippen LogP contribution in [0.3, 0.4) is 0 Å². The maximum Gasteiger partial charge on any atom is 0.423 e. The van der Waals surface area contributed by atoms with Gasteiger partial charge in [-0.2, -0.15) is 18.2 Å². The molecule has 0 fully saturated rings. The summed E-state index contributed by atoms with van der Waals surface area (Å²) in [4.78, 5) is 9.59. The van der Waals surface area contributed by atoms with E-state index in [1.165, 1.54) is 0 Å². The summed E-state index contributed by atoms with van der Waals surface area (Å²) in [6.07, 6.45) is -1.84. The van der Waals surface area contributed by atoms with Gasteiger partial charge in [0, 0.05) is 18.9 Å². The van der Waals surface area contributed by atoms with Gasteiger partial charge in [-0.1, -0.05) is 39.3 Å². The Balaban J connectivity index is 2.36. The predicted molar refractivity (Wildman–Crippen MR) is 95.9 cm³/mol. The molecular formula is C19H24F3N3O. The first-order chi connectivity index (χ1) is 12.2. The molecular weight excluding hydrogens is 343 g/mol. The average molecular weight is 367 g/mol. The maximum atomic E-state index is 13.2. The number of aromatic nitrogens is 2. The van der Waals surface area contributed by atoms with Crippen molar-refractivity contribution in [2.75, 3.05) is 18.6 Å². The van der Waals surface area contributed by atoms with Gasteiger partial charge in [-0.3, -0.25) is 0 Å². The highest BCUT2D eigenvalue weighted by molar-refractivity contribution is 5.58. The molecule has 142 valence electrons. The normalized spacial score (nSPS) is 11.7. The lowest BCUT2D eigenvalue weighted by Crippen LogP contribution is -2.18. The van der Waals surface area contributed by atoms with Crippen LogP contribution < -0.4 is 9.64 Å². The van der Waals surface area contributed by atoms with Crippen molar-refractivity contribution < 1.29 is 17.9 Å². The highest BCUT2D eigenvalue weighted by Gasteiger charge is 2.36. The van der Waals surface area contributed by atoms with Gasteiger partial charge in [-0.25, -0.2) is 4.98 Å². The first-order valence-electron chi connectivity index (χ1n) is 8.62. The van der Waals surface area contributed by atoms with E-state index in [0.717, 1.165) is 30.3 Å². The summed E-state index contributed by atoms with van der Waals surface area (Å²) in [6.45, 7) is 5.96. The molecule has 0 spiro atoms. The number of hydrogen-bond acceptors (Lipinski definition) is 4. The van der Waals surface area contributed by atoms with Gasteiger partial charge in [-0.15, -0.1) is 0 Å². The molecule has 0 aliphatic rings. The van der Waals surface area contributed by atoms with Crippen LogP contribution in [0.15, 0.2) is 30.5 Å². The topological polar surface area (TPSA) is 38.2 Å². The third kappa shape index (κ3) is 5.09. The Hall–Kier alpha value is -2.31. The van der Waals surface area contributed by atoms with Crippen LogP contribution in [-0.2, 0) is 12.6 Å². The van der Waals surface area contributed by atoms with Gasteiger partial charge >= 0.3 is 6.18 Å². The Kier molecular flexibility index (Phi) is 6.45. The largest absolute Gasteiger partial charge is 0.477 e. The van der Waals surface area contributed by atoms with Crippen LogP contribution in [0.4, 0.5) is 24.8 Å². The number of hydrogen-bond donors (Lipinski definition) is 0. The molecule has 0 bridgehead atoms. The highest BCUT2D eigenvalue weighted by Crippen LogP contribution is 2.36. The third-order valence-corrected chi connectivity index (χ3v) is 3.74. The highest BCUT2D eigenvalue weighted by atomic mass is 19.4. The lowest BCUT2D eigenvalue weighted by molar-refractivity contribution is -0.139. The predicted octanol–water partition coefficient (Wildman–Crippen LogP) is 5.25. The molecule has 2 aromatic rings. The molecule has 2 rings (SSSR count). The zero-order valence-corrected chi connectivity index (χ0v) is 15.5. The summed E-state index contributed by atoms with van der Waals surface area (Å²) < 4.78 is 44.9. The number of rotatable bonds is 7. The lowest BCUT2D eigenvalue weighted by atomic mass is 10.1. The molecule has 1 heterocycles. The fourth-order valence-electron chi connectivity index (χ4n) is 2.39. The first kappa shape index (κ1) is 20.0. The zero-order chi connectivity index (χ0) is 19.3.